The van der Waals surface area contributed by atoms with Gasteiger partial charge in [0.05, 0.1) is 19.1 Å². The SMILES string of the molecule is C#CCN1CCCCC1C(=O)NCCOc1ccc2c(c1)CCC2. The Kier molecular flexibility index (Phi) is 5.77. The van der Waals surface area contributed by atoms with Gasteiger partial charge in [-0.15, -0.1) is 6.42 Å². The van der Waals surface area contributed by atoms with Gasteiger partial charge in [-0.25, -0.2) is 0 Å². The monoisotopic (exact) mass is 326 g/mol. The van der Waals surface area contributed by atoms with Crippen LogP contribution in [0.25, 0.3) is 0 Å². The molecule has 0 radical (unpaired) electrons. The largest absolute Gasteiger partial charge is 0.492 e. The maximum atomic E-state index is 12.4. The van der Waals surface area contributed by atoms with Crippen LogP contribution in [0.4, 0.5) is 0 Å². The number of ether oxygens (including phenoxy) is 1. The van der Waals surface area contributed by atoms with Crippen LogP contribution in [0.2, 0.25) is 0 Å². The second kappa shape index (κ2) is 8.21. The lowest BCUT2D eigenvalue weighted by atomic mass is 10.0. The highest BCUT2D eigenvalue weighted by molar-refractivity contribution is 5.81. The van der Waals surface area contributed by atoms with Crippen LogP contribution in [0.15, 0.2) is 18.2 Å². The molecule has 1 aromatic rings. The molecular weight excluding hydrogens is 300 g/mol. The van der Waals surface area contributed by atoms with Gasteiger partial charge in [0.25, 0.3) is 0 Å². The first-order chi connectivity index (χ1) is 11.8. The van der Waals surface area contributed by atoms with Crippen LogP contribution in [-0.4, -0.2) is 43.1 Å². The number of nitrogens with zero attached hydrogens (tertiary/aromatic N) is 1. The first kappa shape index (κ1) is 16.9. The van der Waals surface area contributed by atoms with E-state index in [1.807, 2.05) is 6.07 Å². The van der Waals surface area contributed by atoms with Crippen molar-refractivity contribution in [2.24, 2.45) is 0 Å². The summed E-state index contributed by atoms with van der Waals surface area (Å²) in [7, 11) is 0. The van der Waals surface area contributed by atoms with Gasteiger partial charge in [0.2, 0.25) is 5.91 Å². The fraction of sp³-hybridized carbons (Fsp3) is 0.550. The molecule has 0 spiro atoms. The van der Waals surface area contributed by atoms with Crippen LogP contribution < -0.4 is 10.1 Å². The van der Waals surface area contributed by atoms with Crippen LogP contribution in [0.3, 0.4) is 0 Å². The lowest BCUT2D eigenvalue weighted by molar-refractivity contribution is -0.127. The number of piperidine rings is 1. The molecular formula is C20H26N2O2. The van der Waals surface area contributed by atoms with E-state index in [4.69, 9.17) is 11.2 Å². The predicted octanol–water partition coefficient (Wildman–Crippen LogP) is 2.16. The second-order valence-electron chi connectivity index (χ2n) is 6.61. The summed E-state index contributed by atoms with van der Waals surface area (Å²) in [5, 5.41) is 2.99. The number of rotatable bonds is 6. The quantitative estimate of drug-likeness (QED) is 0.643. The summed E-state index contributed by atoms with van der Waals surface area (Å²) in [4.78, 5) is 14.5. The van der Waals surface area contributed by atoms with Gasteiger partial charge in [0.1, 0.15) is 12.4 Å². The van der Waals surface area contributed by atoms with E-state index >= 15 is 0 Å². The van der Waals surface area contributed by atoms with E-state index in [-0.39, 0.29) is 11.9 Å². The molecule has 1 amide bonds. The van der Waals surface area contributed by atoms with Crippen molar-refractivity contribution >= 4 is 5.91 Å². The molecule has 24 heavy (non-hydrogen) atoms. The zero-order valence-electron chi connectivity index (χ0n) is 14.2. The summed E-state index contributed by atoms with van der Waals surface area (Å²) in [5.41, 5.74) is 2.85. The third-order valence-corrected chi connectivity index (χ3v) is 4.95. The summed E-state index contributed by atoms with van der Waals surface area (Å²) in [6.07, 6.45) is 12.1. The standard InChI is InChI=1S/C20H26N2O2/c1-2-12-22-13-4-3-8-19(22)20(23)21-11-14-24-18-10-9-16-6-5-7-17(16)15-18/h1,9-10,15,19H,3-8,11-14H2,(H,21,23). The van der Waals surface area contributed by atoms with Gasteiger partial charge in [-0.05, 0) is 61.9 Å². The van der Waals surface area contributed by atoms with Crippen LogP contribution in [-0.2, 0) is 17.6 Å². The third-order valence-electron chi connectivity index (χ3n) is 4.95. The van der Waals surface area contributed by atoms with Crippen molar-refractivity contribution in [3.63, 3.8) is 0 Å². The molecule has 4 heteroatoms. The molecule has 1 aliphatic carbocycles. The molecule has 4 nitrogen and oxygen atoms in total. The molecule has 0 aromatic heterocycles. The molecule has 128 valence electrons. The minimum absolute atomic E-state index is 0.0718. The van der Waals surface area contributed by atoms with E-state index < -0.39 is 0 Å². The Labute approximate surface area is 144 Å². The normalized spacial score (nSPS) is 20.2. The highest BCUT2D eigenvalue weighted by Gasteiger charge is 2.27. The van der Waals surface area contributed by atoms with Gasteiger partial charge in [-0.3, -0.25) is 9.69 Å². The molecule has 1 atom stereocenters. The first-order valence-electron chi connectivity index (χ1n) is 8.98. The van der Waals surface area contributed by atoms with Crippen molar-refractivity contribution in [3.8, 4) is 18.1 Å². The van der Waals surface area contributed by atoms with E-state index in [0.717, 1.165) is 38.0 Å². The van der Waals surface area contributed by atoms with Crippen molar-refractivity contribution < 1.29 is 9.53 Å². The highest BCUT2D eigenvalue weighted by atomic mass is 16.5. The Bertz CT molecular complexity index is 621. The Morgan fingerprint density at radius 1 is 1.29 bits per heavy atom. The average Bonchev–Trinajstić information content (AvgIpc) is 3.07. The van der Waals surface area contributed by atoms with Crippen molar-refractivity contribution in [1.29, 1.82) is 0 Å². The highest BCUT2D eigenvalue weighted by Crippen LogP contribution is 2.25. The van der Waals surface area contributed by atoms with E-state index in [9.17, 15) is 4.79 Å². The van der Waals surface area contributed by atoms with Gasteiger partial charge < -0.3 is 10.1 Å². The number of hydrogen-bond acceptors (Lipinski definition) is 3. The zero-order chi connectivity index (χ0) is 16.8. The Balaban J connectivity index is 1.42. The molecule has 1 aromatic carbocycles. The van der Waals surface area contributed by atoms with Crippen LogP contribution in [0.1, 0.15) is 36.8 Å². The van der Waals surface area contributed by atoms with Gasteiger partial charge in [0, 0.05) is 0 Å². The number of terminal acetylenes is 1. The Hall–Kier alpha value is -1.99. The van der Waals surface area contributed by atoms with Gasteiger partial charge in [0.15, 0.2) is 0 Å². The van der Waals surface area contributed by atoms with Gasteiger partial charge in [-0.2, -0.15) is 0 Å². The van der Waals surface area contributed by atoms with Crippen molar-refractivity contribution in [2.75, 3.05) is 26.2 Å². The van der Waals surface area contributed by atoms with Crippen LogP contribution >= 0.6 is 0 Å². The zero-order valence-corrected chi connectivity index (χ0v) is 14.2. The molecule has 3 rings (SSSR count). The fourth-order valence-corrected chi connectivity index (χ4v) is 3.69. The number of likely N-dealkylation sites (tertiary alicyclic amines) is 1. The Morgan fingerprint density at radius 3 is 3.04 bits per heavy atom. The predicted molar refractivity (Wildman–Crippen MR) is 95.0 cm³/mol. The molecule has 1 saturated heterocycles. The molecule has 1 unspecified atom stereocenters. The fourth-order valence-electron chi connectivity index (χ4n) is 3.69. The minimum Gasteiger partial charge on any atom is -0.492 e. The summed E-state index contributed by atoms with van der Waals surface area (Å²) in [6, 6.07) is 6.24. The number of carbonyl (C=O) groups excluding carboxylic acids is 1. The minimum atomic E-state index is -0.0882. The van der Waals surface area contributed by atoms with E-state index in [1.54, 1.807) is 0 Å². The number of benzene rings is 1. The van der Waals surface area contributed by atoms with Crippen LogP contribution in [0, 0.1) is 12.3 Å². The number of nitrogens with one attached hydrogen (secondary N) is 1. The lowest BCUT2D eigenvalue weighted by Gasteiger charge is -2.33. The molecule has 1 aliphatic heterocycles. The molecule has 1 heterocycles. The average molecular weight is 326 g/mol. The summed E-state index contributed by atoms with van der Waals surface area (Å²) < 4.78 is 5.78. The summed E-state index contributed by atoms with van der Waals surface area (Å²) in [5.74, 6) is 3.62. The van der Waals surface area contributed by atoms with Crippen LogP contribution in [0.5, 0.6) is 5.75 Å². The summed E-state index contributed by atoms with van der Waals surface area (Å²) in [6.45, 7) is 2.47. The van der Waals surface area contributed by atoms with E-state index in [2.05, 4.69) is 28.3 Å². The van der Waals surface area contributed by atoms with E-state index in [0.29, 0.717) is 19.7 Å². The van der Waals surface area contributed by atoms with Crippen molar-refractivity contribution in [2.45, 2.75) is 44.6 Å². The topological polar surface area (TPSA) is 41.6 Å². The summed E-state index contributed by atoms with van der Waals surface area (Å²) >= 11 is 0. The Morgan fingerprint density at radius 2 is 2.17 bits per heavy atom. The maximum absolute atomic E-state index is 12.4. The van der Waals surface area contributed by atoms with Crippen molar-refractivity contribution in [1.82, 2.24) is 10.2 Å². The van der Waals surface area contributed by atoms with E-state index in [1.165, 1.54) is 24.0 Å². The first-order valence-corrected chi connectivity index (χ1v) is 8.98. The number of fused-ring (bicyclic) bond motifs is 1. The molecule has 1 fully saturated rings. The lowest BCUT2D eigenvalue weighted by Crippen LogP contribution is -2.50. The van der Waals surface area contributed by atoms with Gasteiger partial charge >= 0.3 is 0 Å². The number of amides is 1. The number of hydrogen-bond donors (Lipinski definition) is 1. The third kappa shape index (κ3) is 4.10. The molecule has 1 N–H and O–H groups in total. The smallest absolute Gasteiger partial charge is 0.237 e. The molecule has 2 aliphatic rings. The maximum Gasteiger partial charge on any atom is 0.237 e. The van der Waals surface area contributed by atoms with Gasteiger partial charge in [-0.1, -0.05) is 18.4 Å². The number of aryl methyl sites for hydroxylation is 2. The molecule has 0 bridgehead atoms. The van der Waals surface area contributed by atoms with Crippen molar-refractivity contribution in [3.05, 3.63) is 29.3 Å². The number of carbonyl (C=O) groups is 1. The molecule has 0 saturated carbocycles. The second-order valence-corrected chi connectivity index (χ2v) is 6.61.